The van der Waals surface area contributed by atoms with Gasteiger partial charge in [0.2, 0.25) is 21.8 Å². The number of sulfonamides is 1. The fraction of sp³-hybridized carbons (Fsp3) is 0.364. The predicted octanol–water partition coefficient (Wildman–Crippen LogP) is 2.58. The van der Waals surface area contributed by atoms with Crippen LogP contribution in [0.25, 0.3) is 0 Å². The standard InChI is InChI=1S/C22H26ClN3O4S/c1-17-5-7-20(8-6-17)31(29,30)26-13-11-25(12-14-26)22(28)10-9-21(27)24-16-18-3-2-4-19(23)15-18/h2-8,15H,9-14,16H2,1H3,(H,24,27). The van der Waals surface area contributed by atoms with Crippen molar-refractivity contribution in [2.24, 2.45) is 0 Å². The van der Waals surface area contributed by atoms with E-state index >= 15 is 0 Å². The summed E-state index contributed by atoms with van der Waals surface area (Å²) < 4.78 is 26.9. The summed E-state index contributed by atoms with van der Waals surface area (Å²) in [5, 5.41) is 3.38. The Morgan fingerprint density at radius 3 is 2.32 bits per heavy atom. The minimum atomic E-state index is -3.57. The van der Waals surface area contributed by atoms with E-state index in [9.17, 15) is 18.0 Å². The van der Waals surface area contributed by atoms with Gasteiger partial charge in [-0.1, -0.05) is 41.4 Å². The lowest BCUT2D eigenvalue weighted by Gasteiger charge is -2.34. The number of aryl methyl sites for hydroxylation is 1. The highest BCUT2D eigenvalue weighted by Crippen LogP contribution is 2.18. The van der Waals surface area contributed by atoms with Crippen LogP contribution in [0, 0.1) is 6.92 Å². The Kier molecular flexibility index (Phi) is 7.69. The zero-order valence-corrected chi connectivity index (χ0v) is 19.0. The zero-order valence-electron chi connectivity index (χ0n) is 17.4. The molecule has 166 valence electrons. The maximum atomic E-state index is 12.8. The molecular weight excluding hydrogens is 438 g/mol. The van der Waals surface area contributed by atoms with Gasteiger partial charge < -0.3 is 10.2 Å². The van der Waals surface area contributed by atoms with E-state index in [2.05, 4.69) is 5.32 Å². The summed E-state index contributed by atoms with van der Waals surface area (Å²) >= 11 is 5.92. The Bertz CT molecular complexity index is 1030. The first-order valence-corrected chi connectivity index (χ1v) is 11.9. The normalized spacial score (nSPS) is 15.0. The molecule has 31 heavy (non-hydrogen) atoms. The van der Waals surface area contributed by atoms with Crippen molar-refractivity contribution in [1.82, 2.24) is 14.5 Å². The second-order valence-corrected chi connectivity index (χ2v) is 9.88. The molecule has 1 aliphatic heterocycles. The van der Waals surface area contributed by atoms with E-state index < -0.39 is 10.0 Å². The van der Waals surface area contributed by atoms with Gasteiger partial charge in [-0.05, 0) is 36.8 Å². The van der Waals surface area contributed by atoms with E-state index in [0.29, 0.717) is 24.7 Å². The number of amides is 2. The van der Waals surface area contributed by atoms with E-state index in [4.69, 9.17) is 11.6 Å². The summed E-state index contributed by atoms with van der Waals surface area (Å²) in [5.74, 6) is -0.362. The lowest BCUT2D eigenvalue weighted by molar-refractivity contribution is -0.134. The number of carbonyl (C=O) groups is 2. The Morgan fingerprint density at radius 1 is 1.00 bits per heavy atom. The number of carbonyl (C=O) groups excluding carboxylic acids is 2. The van der Waals surface area contributed by atoms with E-state index in [-0.39, 0.29) is 42.6 Å². The Balaban J connectivity index is 1.43. The van der Waals surface area contributed by atoms with Crippen molar-refractivity contribution < 1.29 is 18.0 Å². The smallest absolute Gasteiger partial charge is 0.243 e. The fourth-order valence-corrected chi connectivity index (χ4v) is 4.99. The van der Waals surface area contributed by atoms with E-state index in [0.717, 1.165) is 11.1 Å². The van der Waals surface area contributed by atoms with Gasteiger partial charge in [0, 0.05) is 50.6 Å². The van der Waals surface area contributed by atoms with Crippen LogP contribution in [0.3, 0.4) is 0 Å². The van der Waals surface area contributed by atoms with Crippen molar-refractivity contribution in [3.05, 3.63) is 64.7 Å². The van der Waals surface area contributed by atoms with E-state index in [1.807, 2.05) is 19.1 Å². The number of halogens is 1. The summed E-state index contributed by atoms with van der Waals surface area (Å²) in [5.41, 5.74) is 1.88. The number of hydrogen-bond donors (Lipinski definition) is 1. The monoisotopic (exact) mass is 463 g/mol. The highest BCUT2D eigenvalue weighted by Gasteiger charge is 2.30. The van der Waals surface area contributed by atoms with Gasteiger partial charge in [-0.3, -0.25) is 9.59 Å². The zero-order chi connectivity index (χ0) is 22.4. The second kappa shape index (κ2) is 10.3. The molecule has 0 saturated carbocycles. The second-order valence-electron chi connectivity index (χ2n) is 7.50. The molecule has 2 amide bonds. The van der Waals surface area contributed by atoms with Crippen LogP contribution in [0.1, 0.15) is 24.0 Å². The van der Waals surface area contributed by atoms with Crippen molar-refractivity contribution in [2.45, 2.75) is 31.2 Å². The lowest BCUT2D eigenvalue weighted by atomic mass is 10.2. The first-order valence-electron chi connectivity index (χ1n) is 10.1. The fourth-order valence-electron chi connectivity index (χ4n) is 3.35. The average Bonchev–Trinajstić information content (AvgIpc) is 2.76. The van der Waals surface area contributed by atoms with Gasteiger partial charge in [-0.25, -0.2) is 8.42 Å². The molecule has 1 fully saturated rings. The molecule has 1 aliphatic rings. The van der Waals surface area contributed by atoms with Crippen LogP contribution in [0.5, 0.6) is 0 Å². The van der Waals surface area contributed by atoms with Gasteiger partial charge in [-0.15, -0.1) is 0 Å². The molecule has 9 heteroatoms. The molecule has 0 radical (unpaired) electrons. The number of rotatable bonds is 7. The molecular formula is C22H26ClN3O4S. The molecule has 0 spiro atoms. The van der Waals surface area contributed by atoms with Crippen LogP contribution in [0.4, 0.5) is 0 Å². The predicted molar refractivity (Wildman–Crippen MR) is 119 cm³/mol. The van der Waals surface area contributed by atoms with Crippen LogP contribution in [-0.2, 0) is 26.2 Å². The van der Waals surface area contributed by atoms with Gasteiger partial charge in [0.1, 0.15) is 0 Å². The largest absolute Gasteiger partial charge is 0.352 e. The van der Waals surface area contributed by atoms with Crippen LogP contribution in [0.15, 0.2) is 53.4 Å². The van der Waals surface area contributed by atoms with Gasteiger partial charge in [-0.2, -0.15) is 4.31 Å². The lowest BCUT2D eigenvalue weighted by Crippen LogP contribution is -2.50. The third-order valence-electron chi connectivity index (χ3n) is 5.19. The molecule has 0 aromatic heterocycles. The molecule has 3 rings (SSSR count). The summed E-state index contributed by atoms with van der Waals surface area (Å²) in [6.07, 6.45) is 0.174. The number of benzene rings is 2. The summed E-state index contributed by atoms with van der Waals surface area (Å²) in [6, 6.07) is 13.9. The van der Waals surface area contributed by atoms with Gasteiger partial charge in [0.15, 0.2) is 0 Å². The van der Waals surface area contributed by atoms with E-state index in [1.165, 1.54) is 4.31 Å². The van der Waals surface area contributed by atoms with Crippen LogP contribution in [0.2, 0.25) is 5.02 Å². The number of nitrogens with one attached hydrogen (secondary N) is 1. The number of hydrogen-bond acceptors (Lipinski definition) is 4. The maximum absolute atomic E-state index is 12.8. The summed E-state index contributed by atoms with van der Waals surface area (Å²) in [4.78, 5) is 26.4. The first kappa shape index (κ1) is 23.2. The maximum Gasteiger partial charge on any atom is 0.243 e. The van der Waals surface area contributed by atoms with Gasteiger partial charge >= 0.3 is 0 Å². The number of nitrogens with zero attached hydrogens (tertiary/aromatic N) is 2. The van der Waals surface area contributed by atoms with Gasteiger partial charge in [0.05, 0.1) is 4.90 Å². The first-order chi connectivity index (χ1) is 14.8. The van der Waals surface area contributed by atoms with Crippen LogP contribution >= 0.6 is 11.6 Å². The molecule has 1 heterocycles. The third kappa shape index (κ3) is 6.29. The highest BCUT2D eigenvalue weighted by atomic mass is 35.5. The molecule has 0 atom stereocenters. The van der Waals surface area contributed by atoms with Crippen molar-refractivity contribution in [1.29, 1.82) is 0 Å². The van der Waals surface area contributed by atoms with Gasteiger partial charge in [0.25, 0.3) is 0 Å². The molecule has 0 bridgehead atoms. The number of piperazine rings is 1. The average molecular weight is 464 g/mol. The highest BCUT2D eigenvalue weighted by molar-refractivity contribution is 7.89. The topological polar surface area (TPSA) is 86.8 Å². The molecule has 2 aromatic rings. The van der Waals surface area contributed by atoms with Crippen LogP contribution < -0.4 is 5.32 Å². The Labute approximate surface area is 188 Å². The minimum absolute atomic E-state index is 0.0846. The van der Waals surface area contributed by atoms with Crippen molar-refractivity contribution in [3.8, 4) is 0 Å². The van der Waals surface area contributed by atoms with E-state index in [1.54, 1.807) is 41.3 Å². The molecule has 1 saturated heterocycles. The quantitative estimate of drug-likeness (QED) is 0.683. The molecule has 2 aromatic carbocycles. The Hall–Kier alpha value is -2.42. The summed E-state index contributed by atoms with van der Waals surface area (Å²) in [6.45, 7) is 3.36. The molecule has 0 unspecified atom stereocenters. The molecule has 1 N–H and O–H groups in total. The van der Waals surface area contributed by atoms with Crippen LogP contribution in [-0.4, -0.2) is 55.6 Å². The third-order valence-corrected chi connectivity index (χ3v) is 7.34. The van der Waals surface area contributed by atoms with Crippen molar-refractivity contribution in [2.75, 3.05) is 26.2 Å². The molecule has 7 nitrogen and oxygen atoms in total. The summed E-state index contributed by atoms with van der Waals surface area (Å²) in [7, 11) is -3.57. The SMILES string of the molecule is Cc1ccc(S(=O)(=O)N2CCN(C(=O)CCC(=O)NCc3cccc(Cl)c3)CC2)cc1. The van der Waals surface area contributed by atoms with Crippen molar-refractivity contribution in [3.63, 3.8) is 0 Å². The Morgan fingerprint density at radius 2 is 1.68 bits per heavy atom. The van der Waals surface area contributed by atoms with Crippen molar-refractivity contribution >= 4 is 33.4 Å². The molecule has 0 aliphatic carbocycles. The minimum Gasteiger partial charge on any atom is -0.352 e.